The van der Waals surface area contributed by atoms with Crippen LogP contribution in [-0.4, -0.2) is 71.2 Å². The molecule has 1 atom stereocenters. The molecule has 1 aliphatic rings. The summed E-state index contributed by atoms with van der Waals surface area (Å²) in [5.41, 5.74) is 1.31. The first-order valence-electron chi connectivity index (χ1n) is 7.61. The van der Waals surface area contributed by atoms with Gasteiger partial charge in [-0.1, -0.05) is 0 Å². The maximum absolute atomic E-state index is 12.2. The van der Waals surface area contributed by atoms with E-state index >= 15 is 0 Å². The molecule has 1 aromatic carbocycles. The number of amides is 1. The Kier molecular flexibility index (Phi) is 5.57. The van der Waals surface area contributed by atoms with Gasteiger partial charge in [0.25, 0.3) is 0 Å². The number of nitrogens with zero attached hydrogens (tertiary/aromatic N) is 2. The summed E-state index contributed by atoms with van der Waals surface area (Å²) in [7, 11) is 1.99. The molecule has 7 nitrogen and oxygen atoms in total. The van der Waals surface area contributed by atoms with E-state index in [9.17, 15) is 19.8 Å². The van der Waals surface area contributed by atoms with Crippen LogP contribution in [0.4, 0.5) is 5.69 Å². The number of carbonyl (C=O) groups excluding carboxylic acids is 1. The van der Waals surface area contributed by atoms with Crippen molar-refractivity contribution in [3.8, 4) is 5.75 Å². The van der Waals surface area contributed by atoms with Crippen molar-refractivity contribution in [2.75, 3.05) is 38.5 Å². The first-order valence-corrected chi connectivity index (χ1v) is 7.61. The monoisotopic (exact) mass is 321 g/mol. The Labute approximate surface area is 135 Å². The molecule has 2 rings (SSSR count). The number of piperazine rings is 1. The minimum atomic E-state index is -0.980. The van der Waals surface area contributed by atoms with Crippen LogP contribution in [0.5, 0.6) is 5.75 Å². The molecule has 1 unspecified atom stereocenters. The fourth-order valence-corrected chi connectivity index (χ4v) is 2.67. The Balaban J connectivity index is 1.99. The lowest BCUT2D eigenvalue weighted by Gasteiger charge is -2.35. The van der Waals surface area contributed by atoms with Crippen molar-refractivity contribution in [3.63, 3.8) is 0 Å². The first kappa shape index (κ1) is 17.2. The third-order valence-electron chi connectivity index (χ3n) is 4.13. The van der Waals surface area contributed by atoms with Crippen LogP contribution in [0.1, 0.15) is 12.0 Å². The van der Waals surface area contributed by atoms with Crippen LogP contribution in [-0.2, 0) is 9.59 Å². The van der Waals surface area contributed by atoms with Crippen LogP contribution in [0.2, 0.25) is 0 Å². The molecule has 0 saturated carbocycles. The summed E-state index contributed by atoms with van der Waals surface area (Å²) in [6.07, 6.45) is -0.0979. The smallest absolute Gasteiger partial charge is 0.321 e. The Bertz CT molecular complexity index is 583. The number of aryl methyl sites for hydroxylation is 1. The summed E-state index contributed by atoms with van der Waals surface area (Å²) in [4.78, 5) is 27.7. The number of carboxylic acids is 1. The minimum absolute atomic E-state index is 0.0979. The number of hydrogen-bond acceptors (Lipinski definition) is 5. The largest absolute Gasteiger partial charge is 0.508 e. The summed E-state index contributed by atoms with van der Waals surface area (Å²) in [5.74, 6) is -1.20. The van der Waals surface area contributed by atoms with E-state index in [-0.39, 0.29) is 18.1 Å². The van der Waals surface area contributed by atoms with E-state index in [4.69, 9.17) is 0 Å². The zero-order valence-electron chi connectivity index (χ0n) is 13.5. The SMILES string of the molecule is Cc1cc(O)ccc1NC(=O)CC(C(=O)O)N1CCN(C)CC1. The number of anilines is 1. The van der Waals surface area contributed by atoms with Crippen molar-refractivity contribution >= 4 is 17.6 Å². The van der Waals surface area contributed by atoms with Gasteiger partial charge in [0, 0.05) is 31.9 Å². The lowest BCUT2D eigenvalue weighted by atomic mass is 10.1. The Morgan fingerprint density at radius 3 is 2.48 bits per heavy atom. The molecule has 1 amide bonds. The minimum Gasteiger partial charge on any atom is -0.508 e. The number of carboxylic acid groups (broad SMARTS) is 1. The average Bonchev–Trinajstić information content (AvgIpc) is 2.48. The standard InChI is InChI=1S/C16H23N3O4/c1-11-9-12(20)3-4-13(11)17-15(21)10-14(16(22)23)19-7-5-18(2)6-8-19/h3-4,9,14,20H,5-8,10H2,1-2H3,(H,17,21)(H,22,23). The molecule has 0 aliphatic carbocycles. The van der Waals surface area contributed by atoms with Gasteiger partial charge < -0.3 is 20.4 Å². The molecule has 0 radical (unpaired) electrons. The van der Waals surface area contributed by atoms with Gasteiger partial charge in [0.15, 0.2) is 0 Å². The summed E-state index contributed by atoms with van der Waals surface area (Å²) in [6, 6.07) is 3.82. The van der Waals surface area contributed by atoms with Crippen molar-refractivity contribution in [3.05, 3.63) is 23.8 Å². The second kappa shape index (κ2) is 7.43. The number of carbonyl (C=O) groups is 2. The molecule has 1 fully saturated rings. The van der Waals surface area contributed by atoms with Crippen molar-refractivity contribution in [2.24, 2.45) is 0 Å². The van der Waals surface area contributed by atoms with E-state index in [1.54, 1.807) is 19.1 Å². The Morgan fingerprint density at radius 2 is 1.91 bits per heavy atom. The fourth-order valence-electron chi connectivity index (χ4n) is 2.67. The Morgan fingerprint density at radius 1 is 1.26 bits per heavy atom. The van der Waals surface area contributed by atoms with Crippen LogP contribution >= 0.6 is 0 Å². The average molecular weight is 321 g/mol. The zero-order valence-corrected chi connectivity index (χ0v) is 13.5. The molecule has 1 saturated heterocycles. The lowest BCUT2D eigenvalue weighted by Crippen LogP contribution is -2.52. The van der Waals surface area contributed by atoms with Gasteiger partial charge in [0.05, 0.1) is 6.42 Å². The molecule has 1 heterocycles. The van der Waals surface area contributed by atoms with Gasteiger partial charge in [-0.05, 0) is 37.7 Å². The van der Waals surface area contributed by atoms with Crippen LogP contribution in [0, 0.1) is 6.92 Å². The van der Waals surface area contributed by atoms with Crippen LogP contribution < -0.4 is 5.32 Å². The molecule has 23 heavy (non-hydrogen) atoms. The van der Waals surface area contributed by atoms with Gasteiger partial charge in [-0.25, -0.2) is 0 Å². The highest BCUT2D eigenvalue weighted by Crippen LogP contribution is 2.20. The number of aliphatic carboxylic acids is 1. The summed E-state index contributed by atoms with van der Waals surface area (Å²) in [5, 5.41) is 21.5. The van der Waals surface area contributed by atoms with Gasteiger partial charge in [0.1, 0.15) is 11.8 Å². The van der Waals surface area contributed by atoms with Crippen molar-refractivity contribution in [1.82, 2.24) is 9.80 Å². The van der Waals surface area contributed by atoms with Crippen LogP contribution in [0.15, 0.2) is 18.2 Å². The van der Waals surface area contributed by atoms with Crippen molar-refractivity contribution in [2.45, 2.75) is 19.4 Å². The van der Waals surface area contributed by atoms with E-state index in [0.717, 1.165) is 18.7 Å². The van der Waals surface area contributed by atoms with E-state index in [0.29, 0.717) is 18.8 Å². The maximum Gasteiger partial charge on any atom is 0.321 e. The van der Waals surface area contributed by atoms with E-state index in [2.05, 4.69) is 10.2 Å². The van der Waals surface area contributed by atoms with Gasteiger partial charge >= 0.3 is 5.97 Å². The third kappa shape index (κ3) is 4.67. The normalized spacial score (nSPS) is 17.7. The number of benzene rings is 1. The zero-order chi connectivity index (χ0) is 17.0. The predicted octanol–water partition coefficient (Wildman–Crippen LogP) is 0.730. The number of aromatic hydroxyl groups is 1. The quantitative estimate of drug-likeness (QED) is 0.692. The van der Waals surface area contributed by atoms with E-state index in [1.807, 2.05) is 11.9 Å². The highest BCUT2D eigenvalue weighted by atomic mass is 16.4. The molecule has 1 aliphatic heterocycles. The number of rotatable bonds is 5. The highest BCUT2D eigenvalue weighted by Gasteiger charge is 2.30. The number of phenols is 1. The topological polar surface area (TPSA) is 93.1 Å². The number of likely N-dealkylation sites (N-methyl/N-ethyl adjacent to an activating group) is 1. The van der Waals surface area contributed by atoms with E-state index in [1.165, 1.54) is 6.07 Å². The first-order chi connectivity index (χ1) is 10.9. The second-order valence-electron chi connectivity index (χ2n) is 5.94. The fraction of sp³-hybridized carbons (Fsp3) is 0.500. The number of nitrogens with one attached hydrogen (secondary N) is 1. The van der Waals surface area contributed by atoms with Crippen LogP contribution in [0.25, 0.3) is 0 Å². The molecular weight excluding hydrogens is 298 g/mol. The lowest BCUT2D eigenvalue weighted by molar-refractivity contribution is -0.145. The second-order valence-corrected chi connectivity index (χ2v) is 5.94. The molecule has 0 bridgehead atoms. The van der Waals surface area contributed by atoms with Gasteiger partial charge in [0.2, 0.25) is 5.91 Å². The van der Waals surface area contributed by atoms with Crippen molar-refractivity contribution < 1.29 is 19.8 Å². The molecule has 3 N–H and O–H groups in total. The molecule has 126 valence electrons. The van der Waals surface area contributed by atoms with Gasteiger partial charge in [-0.15, -0.1) is 0 Å². The molecule has 0 aromatic heterocycles. The van der Waals surface area contributed by atoms with Gasteiger partial charge in [-0.3, -0.25) is 14.5 Å². The highest BCUT2D eigenvalue weighted by molar-refractivity contribution is 5.94. The molecule has 1 aromatic rings. The predicted molar refractivity (Wildman–Crippen MR) is 86.6 cm³/mol. The summed E-state index contributed by atoms with van der Waals surface area (Å²) >= 11 is 0. The van der Waals surface area contributed by atoms with E-state index < -0.39 is 12.0 Å². The Hall–Kier alpha value is -2.12. The summed E-state index contributed by atoms with van der Waals surface area (Å²) < 4.78 is 0. The van der Waals surface area contributed by atoms with Crippen LogP contribution in [0.3, 0.4) is 0 Å². The third-order valence-corrected chi connectivity index (χ3v) is 4.13. The molecule has 7 heteroatoms. The summed E-state index contributed by atoms with van der Waals surface area (Å²) in [6.45, 7) is 4.63. The molecular formula is C16H23N3O4. The van der Waals surface area contributed by atoms with Crippen molar-refractivity contribution in [1.29, 1.82) is 0 Å². The van der Waals surface area contributed by atoms with Gasteiger partial charge in [-0.2, -0.15) is 0 Å². The maximum atomic E-state index is 12.2. The number of phenolic OH excluding ortho intramolecular Hbond substituents is 1. The molecule has 0 spiro atoms. The number of hydrogen-bond donors (Lipinski definition) is 3.